The summed E-state index contributed by atoms with van der Waals surface area (Å²) >= 11 is 6.14. The number of halogens is 1. The fraction of sp³-hybridized carbons (Fsp3) is 0.385. The molecule has 196 valence electrons. The first kappa shape index (κ1) is 25.6. The molecule has 1 aliphatic carbocycles. The summed E-state index contributed by atoms with van der Waals surface area (Å²) in [6.07, 6.45) is 5.53. The molecule has 0 atom stereocenters. The van der Waals surface area contributed by atoms with Crippen LogP contribution >= 0.6 is 11.6 Å². The molecule has 0 unspecified atom stereocenters. The Kier molecular flexibility index (Phi) is 7.41. The molecule has 1 saturated carbocycles. The molecule has 0 bridgehead atoms. The number of rotatable bonds is 7. The van der Waals surface area contributed by atoms with Crippen LogP contribution in [0.25, 0.3) is 5.69 Å². The Morgan fingerprint density at radius 1 is 1.03 bits per heavy atom. The number of nitrogen functional groups attached to an aromatic ring is 1. The minimum absolute atomic E-state index is 0.0263. The Bertz CT molecular complexity index is 1430. The van der Waals surface area contributed by atoms with Crippen molar-refractivity contribution in [1.29, 1.82) is 0 Å². The highest BCUT2D eigenvalue weighted by atomic mass is 35.5. The number of nitrogens with zero attached hydrogens (tertiary/aromatic N) is 4. The summed E-state index contributed by atoms with van der Waals surface area (Å²) in [5, 5.41) is 4.92. The molecule has 1 saturated heterocycles. The molecule has 0 spiro atoms. The van der Waals surface area contributed by atoms with Crippen molar-refractivity contribution < 1.29 is 13.2 Å². The number of nitrogens with two attached hydrogens (primary N) is 1. The summed E-state index contributed by atoms with van der Waals surface area (Å²) in [7, 11) is -3.52. The molecular formula is C26H30ClN5O4S. The van der Waals surface area contributed by atoms with Crippen LogP contribution in [0.1, 0.15) is 31.2 Å². The van der Waals surface area contributed by atoms with E-state index in [0.717, 1.165) is 25.7 Å². The lowest BCUT2D eigenvalue weighted by atomic mass is 10.2. The van der Waals surface area contributed by atoms with Crippen molar-refractivity contribution >= 4 is 33.0 Å². The molecule has 2 aromatic carbocycles. The van der Waals surface area contributed by atoms with E-state index in [1.54, 1.807) is 54.7 Å². The second-order valence-corrected chi connectivity index (χ2v) is 11.9. The van der Waals surface area contributed by atoms with E-state index in [2.05, 4.69) is 5.10 Å². The largest absolute Gasteiger partial charge is 0.483 e. The highest BCUT2D eigenvalue weighted by Crippen LogP contribution is 2.30. The second-order valence-electron chi connectivity index (χ2n) is 9.47. The van der Waals surface area contributed by atoms with Crippen LogP contribution in [0.5, 0.6) is 5.75 Å². The van der Waals surface area contributed by atoms with Crippen LogP contribution in [0.15, 0.2) is 59.5 Å². The fourth-order valence-electron chi connectivity index (χ4n) is 4.92. The molecule has 2 heterocycles. The van der Waals surface area contributed by atoms with Gasteiger partial charge in [0.05, 0.1) is 23.7 Å². The summed E-state index contributed by atoms with van der Waals surface area (Å²) in [6, 6.07) is 13.9. The highest BCUT2D eigenvalue weighted by Gasteiger charge is 2.30. The zero-order valence-corrected chi connectivity index (χ0v) is 22.0. The first-order valence-corrected chi connectivity index (χ1v) is 14.4. The van der Waals surface area contributed by atoms with Gasteiger partial charge in [-0.3, -0.25) is 4.79 Å². The first-order valence-electron chi connectivity index (χ1n) is 12.4. The third-order valence-electron chi connectivity index (χ3n) is 6.83. The predicted octanol–water partition coefficient (Wildman–Crippen LogP) is 3.44. The van der Waals surface area contributed by atoms with Crippen LogP contribution in [0, 0.1) is 0 Å². The minimum Gasteiger partial charge on any atom is -0.483 e. The normalized spacial score (nSPS) is 17.3. The molecule has 37 heavy (non-hydrogen) atoms. The summed E-state index contributed by atoms with van der Waals surface area (Å²) in [5.41, 5.74) is 7.78. The van der Waals surface area contributed by atoms with Gasteiger partial charge in [-0.2, -0.15) is 14.1 Å². The lowest BCUT2D eigenvalue weighted by molar-refractivity contribution is 0.205. The molecule has 5 rings (SSSR count). The van der Waals surface area contributed by atoms with Crippen LogP contribution in [0.2, 0.25) is 5.02 Å². The van der Waals surface area contributed by atoms with E-state index in [1.165, 1.54) is 8.99 Å². The molecular weight excluding hydrogens is 514 g/mol. The van der Waals surface area contributed by atoms with Crippen molar-refractivity contribution in [3.63, 3.8) is 0 Å². The van der Waals surface area contributed by atoms with E-state index >= 15 is 0 Å². The zero-order chi connectivity index (χ0) is 26.0. The Labute approximate surface area is 221 Å². The van der Waals surface area contributed by atoms with Gasteiger partial charge in [-0.05, 0) is 61.6 Å². The van der Waals surface area contributed by atoms with Crippen LogP contribution in [-0.4, -0.2) is 54.8 Å². The number of hydrogen-bond acceptors (Lipinski definition) is 7. The van der Waals surface area contributed by atoms with E-state index < -0.39 is 10.0 Å². The number of piperazine rings is 1. The van der Waals surface area contributed by atoms with Gasteiger partial charge < -0.3 is 15.4 Å². The maximum Gasteiger partial charge on any atom is 0.316 e. The number of sulfonamides is 1. The van der Waals surface area contributed by atoms with Gasteiger partial charge in [-0.15, -0.1) is 0 Å². The molecule has 1 aliphatic heterocycles. The topological polar surface area (TPSA) is 111 Å². The molecule has 2 fully saturated rings. The van der Waals surface area contributed by atoms with Gasteiger partial charge >= 0.3 is 5.56 Å². The SMILES string of the molecule is Nc1cccc(CS(=O)(=O)N2CCN(c3cnn(-c4cccc(Cl)c4)c(=O)c3OC3CCCC3)CC2)c1. The van der Waals surface area contributed by atoms with E-state index in [0.29, 0.717) is 53.8 Å². The summed E-state index contributed by atoms with van der Waals surface area (Å²) in [4.78, 5) is 15.6. The molecule has 3 aromatic rings. The van der Waals surface area contributed by atoms with Gasteiger partial charge in [0.25, 0.3) is 0 Å². The summed E-state index contributed by atoms with van der Waals surface area (Å²) in [5.74, 6) is 0.142. The van der Waals surface area contributed by atoms with E-state index in [1.807, 2.05) is 4.90 Å². The molecule has 2 N–H and O–H groups in total. The van der Waals surface area contributed by atoms with E-state index in [-0.39, 0.29) is 23.2 Å². The molecule has 2 aliphatic rings. The Hall–Kier alpha value is -3.08. The average molecular weight is 544 g/mol. The van der Waals surface area contributed by atoms with Crippen molar-refractivity contribution in [1.82, 2.24) is 14.1 Å². The predicted molar refractivity (Wildman–Crippen MR) is 145 cm³/mol. The van der Waals surface area contributed by atoms with Crippen molar-refractivity contribution in [3.05, 3.63) is 75.7 Å². The first-order chi connectivity index (χ1) is 17.8. The third kappa shape index (κ3) is 5.76. The van der Waals surface area contributed by atoms with Gasteiger partial charge in [0, 0.05) is 36.9 Å². The monoisotopic (exact) mass is 543 g/mol. The molecule has 0 amide bonds. The van der Waals surface area contributed by atoms with Gasteiger partial charge in [0.2, 0.25) is 15.8 Å². The fourth-order valence-corrected chi connectivity index (χ4v) is 6.61. The quantitative estimate of drug-likeness (QED) is 0.454. The van der Waals surface area contributed by atoms with Crippen LogP contribution in [0.3, 0.4) is 0 Å². The second kappa shape index (κ2) is 10.7. The number of hydrogen-bond donors (Lipinski definition) is 1. The lowest BCUT2D eigenvalue weighted by Crippen LogP contribution is -2.49. The van der Waals surface area contributed by atoms with Crippen LogP contribution in [0.4, 0.5) is 11.4 Å². The number of ether oxygens (including phenoxy) is 1. The Balaban J connectivity index is 1.38. The van der Waals surface area contributed by atoms with Crippen molar-refractivity contribution in [2.45, 2.75) is 37.5 Å². The number of benzene rings is 2. The zero-order valence-electron chi connectivity index (χ0n) is 20.4. The van der Waals surface area contributed by atoms with E-state index in [4.69, 9.17) is 22.1 Å². The molecule has 1 aromatic heterocycles. The molecule has 9 nitrogen and oxygen atoms in total. The van der Waals surface area contributed by atoms with Crippen LogP contribution in [-0.2, 0) is 15.8 Å². The van der Waals surface area contributed by atoms with Gasteiger partial charge in [-0.1, -0.05) is 29.8 Å². The standard InChI is InChI=1S/C26H30ClN5O4S/c27-20-6-4-8-22(16-20)32-26(33)25(36-23-9-1-2-10-23)24(17-29-32)30-11-13-31(14-12-30)37(34,35)18-19-5-3-7-21(28)15-19/h3-8,15-17,23H,1-2,9-14,18,28H2. The van der Waals surface area contributed by atoms with Crippen molar-refractivity contribution in [2.75, 3.05) is 36.8 Å². The van der Waals surface area contributed by atoms with Crippen molar-refractivity contribution in [2.24, 2.45) is 0 Å². The van der Waals surface area contributed by atoms with Gasteiger partial charge in [0.1, 0.15) is 5.69 Å². The maximum absolute atomic E-state index is 13.6. The lowest BCUT2D eigenvalue weighted by Gasteiger charge is -2.36. The highest BCUT2D eigenvalue weighted by molar-refractivity contribution is 7.88. The van der Waals surface area contributed by atoms with Crippen molar-refractivity contribution in [3.8, 4) is 11.4 Å². The molecule has 11 heteroatoms. The van der Waals surface area contributed by atoms with Gasteiger partial charge in [-0.25, -0.2) is 8.42 Å². The number of anilines is 2. The smallest absolute Gasteiger partial charge is 0.316 e. The summed E-state index contributed by atoms with van der Waals surface area (Å²) < 4.78 is 35.2. The molecule has 0 radical (unpaired) electrons. The number of aromatic nitrogens is 2. The Morgan fingerprint density at radius 3 is 2.46 bits per heavy atom. The summed E-state index contributed by atoms with van der Waals surface area (Å²) in [6.45, 7) is 1.43. The van der Waals surface area contributed by atoms with E-state index in [9.17, 15) is 13.2 Å². The van der Waals surface area contributed by atoms with Gasteiger partial charge in [0.15, 0.2) is 0 Å². The maximum atomic E-state index is 13.6. The Morgan fingerprint density at radius 2 is 1.76 bits per heavy atom. The minimum atomic E-state index is -3.52. The average Bonchev–Trinajstić information content (AvgIpc) is 3.38. The van der Waals surface area contributed by atoms with Crippen LogP contribution < -0.4 is 20.9 Å². The third-order valence-corrected chi connectivity index (χ3v) is 8.91.